The fourth-order valence-electron chi connectivity index (χ4n) is 2.34. The molecule has 0 saturated carbocycles. The van der Waals surface area contributed by atoms with Gasteiger partial charge < -0.3 is 5.73 Å². The molecule has 3 nitrogen and oxygen atoms in total. The fourth-order valence-corrected chi connectivity index (χ4v) is 2.74. The molecular formula is C16H19BrFN3. The van der Waals surface area contributed by atoms with E-state index in [1.807, 2.05) is 32.2 Å². The molecule has 1 aromatic heterocycles. The van der Waals surface area contributed by atoms with Crippen LogP contribution in [0, 0.1) is 12.7 Å². The summed E-state index contributed by atoms with van der Waals surface area (Å²) in [5.41, 5.74) is 8.89. The third-order valence-corrected chi connectivity index (χ3v) is 4.05. The largest absolute Gasteiger partial charge is 0.329 e. The number of hydrogen-bond donors (Lipinski definition) is 1. The van der Waals surface area contributed by atoms with Crippen LogP contribution in [0.25, 0.3) is 0 Å². The first-order valence-corrected chi connectivity index (χ1v) is 7.58. The van der Waals surface area contributed by atoms with Gasteiger partial charge in [-0.3, -0.25) is 9.88 Å². The first-order chi connectivity index (χ1) is 10.0. The SMILES string of the molecule is Cc1cccc(CN(C)C(CN)c2ccc(F)c(Br)c2)n1. The third-order valence-electron chi connectivity index (χ3n) is 3.44. The second kappa shape index (κ2) is 7.11. The lowest BCUT2D eigenvalue weighted by Crippen LogP contribution is -2.30. The number of benzene rings is 1. The van der Waals surface area contributed by atoms with Crippen LogP contribution in [-0.2, 0) is 6.54 Å². The van der Waals surface area contributed by atoms with Crippen molar-refractivity contribution in [1.29, 1.82) is 0 Å². The van der Waals surface area contributed by atoms with Crippen LogP contribution in [0.15, 0.2) is 40.9 Å². The van der Waals surface area contributed by atoms with Crippen LogP contribution in [0.5, 0.6) is 0 Å². The number of pyridine rings is 1. The zero-order valence-corrected chi connectivity index (χ0v) is 13.8. The van der Waals surface area contributed by atoms with Crippen molar-refractivity contribution >= 4 is 15.9 Å². The first-order valence-electron chi connectivity index (χ1n) is 6.79. The van der Waals surface area contributed by atoms with Gasteiger partial charge in [0.1, 0.15) is 5.82 Å². The average Bonchev–Trinajstić information content (AvgIpc) is 2.43. The minimum Gasteiger partial charge on any atom is -0.329 e. The van der Waals surface area contributed by atoms with Crippen LogP contribution in [0.2, 0.25) is 0 Å². The number of rotatable bonds is 5. The van der Waals surface area contributed by atoms with E-state index in [0.717, 1.165) is 17.0 Å². The molecule has 1 atom stereocenters. The zero-order chi connectivity index (χ0) is 15.4. The van der Waals surface area contributed by atoms with E-state index in [4.69, 9.17) is 5.73 Å². The summed E-state index contributed by atoms with van der Waals surface area (Å²) in [6, 6.07) is 11.0. The van der Waals surface area contributed by atoms with Crippen molar-refractivity contribution in [3.05, 3.63) is 63.6 Å². The van der Waals surface area contributed by atoms with Crippen LogP contribution in [0.1, 0.15) is 23.0 Å². The summed E-state index contributed by atoms with van der Waals surface area (Å²) in [5.74, 6) is -0.266. The second-order valence-electron chi connectivity index (χ2n) is 5.11. The van der Waals surface area contributed by atoms with Crippen molar-refractivity contribution in [3.8, 4) is 0 Å². The Balaban J connectivity index is 2.18. The molecule has 1 heterocycles. The van der Waals surface area contributed by atoms with Crippen LogP contribution in [0.4, 0.5) is 4.39 Å². The lowest BCUT2D eigenvalue weighted by atomic mass is 10.1. The van der Waals surface area contributed by atoms with E-state index in [1.165, 1.54) is 6.07 Å². The van der Waals surface area contributed by atoms with Gasteiger partial charge >= 0.3 is 0 Å². The molecule has 0 radical (unpaired) electrons. The Hall–Kier alpha value is -1.30. The van der Waals surface area contributed by atoms with Gasteiger partial charge in [-0.2, -0.15) is 0 Å². The minimum absolute atomic E-state index is 0.0178. The van der Waals surface area contributed by atoms with Crippen LogP contribution < -0.4 is 5.73 Å². The van der Waals surface area contributed by atoms with E-state index in [9.17, 15) is 4.39 Å². The third kappa shape index (κ3) is 4.09. The highest BCUT2D eigenvalue weighted by Gasteiger charge is 2.17. The standard InChI is InChI=1S/C16H19BrFN3/c1-11-4-3-5-13(20-11)10-21(2)16(9-19)12-6-7-15(18)14(17)8-12/h3-8,16H,9-10,19H2,1-2H3. The van der Waals surface area contributed by atoms with Crippen molar-refractivity contribution in [2.75, 3.05) is 13.6 Å². The topological polar surface area (TPSA) is 42.1 Å². The monoisotopic (exact) mass is 351 g/mol. The molecule has 0 fully saturated rings. The van der Waals surface area contributed by atoms with Crippen molar-refractivity contribution in [2.24, 2.45) is 5.73 Å². The molecule has 0 bridgehead atoms. The molecule has 0 aliphatic heterocycles. The van der Waals surface area contributed by atoms with Crippen molar-refractivity contribution < 1.29 is 4.39 Å². The molecule has 2 rings (SSSR count). The molecule has 0 amide bonds. The number of nitrogens with two attached hydrogens (primary N) is 1. The van der Waals surface area contributed by atoms with Gasteiger partial charge in [0.15, 0.2) is 0 Å². The van der Waals surface area contributed by atoms with Crippen LogP contribution in [-0.4, -0.2) is 23.5 Å². The van der Waals surface area contributed by atoms with Crippen LogP contribution in [0.3, 0.4) is 0 Å². The molecule has 0 saturated heterocycles. The maximum atomic E-state index is 13.4. The molecule has 112 valence electrons. The first kappa shape index (κ1) is 16.1. The molecule has 0 aliphatic carbocycles. The van der Waals surface area contributed by atoms with Gasteiger partial charge in [0.05, 0.1) is 10.2 Å². The number of aromatic nitrogens is 1. The Morgan fingerprint density at radius 1 is 1.33 bits per heavy atom. The van der Waals surface area contributed by atoms with Gasteiger partial charge in [0, 0.05) is 24.8 Å². The Kier molecular flexibility index (Phi) is 5.45. The molecule has 0 spiro atoms. The smallest absolute Gasteiger partial charge is 0.137 e. The Bertz CT molecular complexity index is 618. The molecule has 1 aromatic carbocycles. The lowest BCUT2D eigenvalue weighted by molar-refractivity contribution is 0.239. The Morgan fingerprint density at radius 3 is 2.71 bits per heavy atom. The molecule has 2 aromatic rings. The van der Waals surface area contributed by atoms with Gasteiger partial charge in [-0.15, -0.1) is 0 Å². The highest BCUT2D eigenvalue weighted by atomic mass is 79.9. The Morgan fingerprint density at radius 2 is 2.10 bits per heavy atom. The molecule has 2 N–H and O–H groups in total. The highest BCUT2D eigenvalue weighted by Crippen LogP contribution is 2.25. The summed E-state index contributed by atoms with van der Waals surface area (Å²) in [5, 5.41) is 0. The van der Waals surface area contributed by atoms with E-state index in [1.54, 1.807) is 12.1 Å². The highest BCUT2D eigenvalue weighted by molar-refractivity contribution is 9.10. The summed E-state index contributed by atoms with van der Waals surface area (Å²) in [6.45, 7) is 3.12. The number of aryl methyl sites for hydroxylation is 1. The molecule has 0 aliphatic rings. The predicted molar refractivity (Wildman–Crippen MR) is 86.3 cm³/mol. The van der Waals surface area contributed by atoms with E-state index in [-0.39, 0.29) is 11.9 Å². The normalized spacial score (nSPS) is 12.7. The maximum absolute atomic E-state index is 13.4. The van der Waals surface area contributed by atoms with Gasteiger partial charge in [-0.05, 0) is 59.7 Å². The molecule has 21 heavy (non-hydrogen) atoms. The summed E-state index contributed by atoms with van der Waals surface area (Å²) < 4.78 is 13.8. The van der Waals surface area contributed by atoms with E-state index in [0.29, 0.717) is 17.6 Å². The number of likely N-dealkylation sites (N-methyl/N-ethyl adjacent to an activating group) is 1. The van der Waals surface area contributed by atoms with Crippen molar-refractivity contribution in [1.82, 2.24) is 9.88 Å². The van der Waals surface area contributed by atoms with E-state index >= 15 is 0 Å². The molecule has 1 unspecified atom stereocenters. The zero-order valence-electron chi connectivity index (χ0n) is 12.2. The van der Waals surface area contributed by atoms with Gasteiger partial charge in [0.25, 0.3) is 0 Å². The maximum Gasteiger partial charge on any atom is 0.137 e. The average molecular weight is 352 g/mol. The summed E-state index contributed by atoms with van der Waals surface area (Å²) in [6.07, 6.45) is 0. The summed E-state index contributed by atoms with van der Waals surface area (Å²) >= 11 is 3.22. The number of halogens is 2. The second-order valence-corrected chi connectivity index (χ2v) is 5.96. The van der Waals surface area contributed by atoms with Crippen LogP contribution >= 0.6 is 15.9 Å². The van der Waals surface area contributed by atoms with Crippen molar-refractivity contribution in [3.63, 3.8) is 0 Å². The number of nitrogens with zero attached hydrogens (tertiary/aromatic N) is 2. The lowest BCUT2D eigenvalue weighted by Gasteiger charge is -2.27. The fraction of sp³-hybridized carbons (Fsp3) is 0.312. The quantitative estimate of drug-likeness (QED) is 0.897. The van der Waals surface area contributed by atoms with Gasteiger partial charge in [0.2, 0.25) is 0 Å². The molecular weight excluding hydrogens is 333 g/mol. The van der Waals surface area contributed by atoms with Crippen molar-refractivity contribution in [2.45, 2.75) is 19.5 Å². The van der Waals surface area contributed by atoms with E-state index < -0.39 is 0 Å². The van der Waals surface area contributed by atoms with Gasteiger partial charge in [-0.1, -0.05) is 12.1 Å². The minimum atomic E-state index is -0.266. The summed E-state index contributed by atoms with van der Waals surface area (Å²) in [4.78, 5) is 6.63. The van der Waals surface area contributed by atoms with E-state index in [2.05, 4.69) is 25.8 Å². The van der Waals surface area contributed by atoms with Gasteiger partial charge in [-0.25, -0.2) is 4.39 Å². The Labute approximate surface area is 133 Å². The predicted octanol–water partition coefficient (Wildman–Crippen LogP) is 3.42. The molecule has 5 heteroatoms. The number of hydrogen-bond acceptors (Lipinski definition) is 3. The summed E-state index contributed by atoms with van der Waals surface area (Å²) in [7, 11) is 2.00.